The van der Waals surface area contributed by atoms with Crippen LogP contribution in [0.15, 0.2) is 36.5 Å². The van der Waals surface area contributed by atoms with Crippen molar-refractivity contribution in [3.8, 4) is 0 Å². The van der Waals surface area contributed by atoms with Crippen molar-refractivity contribution in [2.24, 2.45) is 7.05 Å². The van der Waals surface area contributed by atoms with E-state index in [0.29, 0.717) is 11.6 Å². The summed E-state index contributed by atoms with van der Waals surface area (Å²) >= 11 is 0. The van der Waals surface area contributed by atoms with Crippen molar-refractivity contribution in [3.63, 3.8) is 0 Å². The normalized spacial score (nSPS) is 17.8. The molecule has 4 rings (SSSR count). The van der Waals surface area contributed by atoms with E-state index in [1.807, 2.05) is 32.2 Å². The van der Waals surface area contributed by atoms with Gasteiger partial charge in [0, 0.05) is 36.9 Å². The molecule has 1 aliphatic rings. The molecule has 0 spiro atoms. The quantitative estimate of drug-likeness (QED) is 0.749. The van der Waals surface area contributed by atoms with E-state index in [0.717, 1.165) is 29.0 Å². The van der Waals surface area contributed by atoms with Gasteiger partial charge in [0.1, 0.15) is 0 Å². The van der Waals surface area contributed by atoms with Gasteiger partial charge in [0.05, 0.1) is 11.3 Å². The standard InChI is InChI=1S/C22H27N5O/c1-15-6-4-5-11-27(15)14-17-7-9-19(10-8-17)24-22(28)18-12-20-16(2)25-26(3)21(20)23-13-18/h7-10,12-13,15H,4-6,11,14H2,1-3H3,(H,24,28). The highest BCUT2D eigenvalue weighted by Gasteiger charge is 2.18. The first kappa shape index (κ1) is 18.6. The number of aromatic nitrogens is 3. The van der Waals surface area contributed by atoms with Crippen molar-refractivity contribution >= 4 is 22.6 Å². The number of hydrogen-bond donors (Lipinski definition) is 1. The molecule has 3 heterocycles. The highest BCUT2D eigenvalue weighted by Crippen LogP contribution is 2.21. The van der Waals surface area contributed by atoms with Gasteiger partial charge in [-0.25, -0.2) is 4.98 Å². The summed E-state index contributed by atoms with van der Waals surface area (Å²) in [5, 5.41) is 8.23. The SMILES string of the molecule is Cc1nn(C)c2ncc(C(=O)Nc3ccc(CN4CCCCC4C)cc3)cc12. The molecule has 1 N–H and O–H groups in total. The number of hydrogen-bond acceptors (Lipinski definition) is 4. The Labute approximate surface area is 165 Å². The lowest BCUT2D eigenvalue weighted by molar-refractivity contribution is 0.102. The number of carbonyl (C=O) groups excluding carboxylic acids is 1. The van der Waals surface area contributed by atoms with E-state index >= 15 is 0 Å². The minimum Gasteiger partial charge on any atom is -0.322 e. The third kappa shape index (κ3) is 3.78. The molecule has 1 atom stereocenters. The molecule has 1 fully saturated rings. The van der Waals surface area contributed by atoms with Gasteiger partial charge in [-0.2, -0.15) is 5.10 Å². The minimum atomic E-state index is -0.157. The van der Waals surface area contributed by atoms with Gasteiger partial charge >= 0.3 is 0 Å². The Kier molecular flexibility index (Phi) is 5.13. The first-order chi connectivity index (χ1) is 13.5. The Bertz CT molecular complexity index is 992. The highest BCUT2D eigenvalue weighted by atomic mass is 16.1. The van der Waals surface area contributed by atoms with Crippen LogP contribution < -0.4 is 5.32 Å². The van der Waals surface area contributed by atoms with E-state index in [1.54, 1.807) is 10.9 Å². The average Bonchev–Trinajstić information content (AvgIpc) is 2.98. The topological polar surface area (TPSA) is 63.1 Å². The molecular weight excluding hydrogens is 350 g/mol. The van der Waals surface area contributed by atoms with Crippen LogP contribution in [0.25, 0.3) is 11.0 Å². The number of nitrogens with zero attached hydrogens (tertiary/aromatic N) is 4. The van der Waals surface area contributed by atoms with E-state index in [4.69, 9.17) is 0 Å². The first-order valence-corrected chi connectivity index (χ1v) is 9.95. The van der Waals surface area contributed by atoms with Gasteiger partial charge in [-0.1, -0.05) is 18.6 Å². The van der Waals surface area contributed by atoms with Crippen LogP contribution in [-0.2, 0) is 13.6 Å². The average molecular weight is 377 g/mol. The maximum atomic E-state index is 12.6. The van der Waals surface area contributed by atoms with Gasteiger partial charge in [-0.15, -0.1) is 0 Å². The molecule has 6 heteroatoms. The fraction of sp³-hybridized carbons (Fsp3) is 0.409. The summed E-state index contributed by atoms with van der Waals surface area (Å²) in [6.45, 7) is 6.37. The van der Waals surface area contributed by atoms with Gasteiger partial charge in [-0.05, 0) is 57.0 Å². The highest BCUT2D eigenvalue weighted by molar-refractivity contribution is 6.05. The van der Waals surface area contributed by atoms with Crippen LogP contribution in [0.3, 0.4) is 0 Å². The van der Waals surface area contributed by atoms with E-state index in [9.17, 15) is 4.79 Å². The second kappa shape index (κ2) is 7.72. The number of nitrogens with one attached hydrogen (secondary N) is 1. The largest absolute Gasteiger partial charge is 0.322 e. The maximum absolute atomic E-state index is 12.6. The summed E-state index contributed by atoms with van der Waals surface area (Å²) in [5.74, 6) is -0.157. The molecule has 0 aliphatic carbocycles. The molecule has 0 radical (unpaired) electrons. The monoisotopic (exact) mass is 377 g/mol. The second-order valence-electron chi connectivity index (χ2n) is 7.77. The van der Waals surface area contributed by atoms with Crippen molar-refractivity contribution in [3.05, 3.63) is 53.3 Å². The van der Waals surface area contributed by atoms with Gasteiger partial charge in [-0.3, -0.25) is 14.4 Å². The number of piperidine rings is 1. The summed E-state index contributed by atoms with van der Waals surface area (Å²) < 4.78 is 1.73. The molecule has 1 aromatic carbocycles. The summed E-state index contributed by atoms with van der Waals surface area (Å²) in [5.41, 5.74) is 4.26. The van der Waals surface area contributed by atoms with E-state index in [2.05, 4.69) is 39.4 Å². The molecule has 1 amide bonds. The van der Waals surface area contributed by atoms with Crippen LogP contribution in [0.1, 0.15) is 47.8 Å². The molecule has 6 nitrogen and oxygen atoms in total. The zero-order valence-electron chi connectivity index (χ0n) is 16.8. The maximum Gasteiger partial charge on any atom is 0.257 e. The number of aryl methyl sites for hydroxylation is 2. The Morgan fingerprint density at radius 2 is 2.04 bits per heavy atom. The molecule has 3 aromatic rings. The summed E-state index contributed by atoms with van der Waals surface area (Å²) in [7, 11) is 1.86. The number of carbonyl (C=O) groups is 1. The molecular formula is C22H27N5O. The summed E-state index contributed by atoms with van der Waals surface area (Å²) in [6.07, 6.45) is 5.50. The van der Waals surface area contributed by atoms with Gasteiger partial charge < -0.3 is 5.32 Å². The van der Waals surface area contributed by atoms with Crippen molar-refractivity contribution in [1.29, 1.82) is 0 Å². The molecule has 1 unspecified atom stereocenters. The number of benzene rings is 1. The van der Waals surface area contributed by atoms with Gasteiger partial charge in [0.15, 0.2) is 5.65 Å². The zero-order valence-corrected chi connectivity index (χ0v) is 16.8. The van der Waals surface area contributed by atoms with Crippen LogP contribution in [0.2, 0.25) is 0 Å². The molecule has 28 heavy (non-hydrogen) atoms. The number of amides is 1. The van der Waals surface area contributed by atoms with E-state index in [1.165, 1.54) is 31.4 Å². The predicted octanol–water partition coefficient (Wildman–Crippen LogP) is 3.90. The summed E-state index contributed by atoms with van der Waals surface area (Å²) in [6, 6.07) is 10.7. The number of anilines is 1. The fourth-order valence-electron chi connectivity index (χ4n) is 3.96. The molecule has 0 saturated carbocycles. The fourth-order valence-corrected chi connectivity index (χ4v) is 3.96. The number of pyridine rings is 1. The van der Waals surface area contributed by atoms with Crippen LogP contribution in [0.4, 0.5) is 5.69 Å². The lowest BCUT2D eigenvalue weighted by atomic mass is 10.0. The smallest absolute Gasteiger partial charge is 0.257 e. The van der Waals surface area contributed by atoms with Crippen molar-refractivity contribution in [1.82, 2.24) is 19.7 Å². The van der Waals surface area contributed by atoms with Crippen LogP contribution in [0.5, 0.6) is 0 Å². The predicted molar refractivity (Wildman–Crippen MR) is 111 cm³/mol. The van der Waals surface area contributed by atoms with Gasteiger partial charge in [0.2, 0.25) is 0 Å². The lowest BCUT2D eigenvalue weighted by Crippen LogP contribution is -2.36. The third-order valence-corrected chi connectivity index (χ3v) is 5.66. The zero-order chi connectivity index (χ0) is 19.7. The second-order valence-corrected chi connectivity index (χ2v) is 7.77. The molecule has 0 bridgehead atoms. The first-order valence-electron chi connectivity index (χ1n) is 9.95. The molecule has 146 valence electrons. The van der Waals surface area contributed by atoms with E-state index < -0.39 is 0 Å². The van der Waals surface area contributed by atoms with E-state index in [-0.39, 0.29) is 5.91 Å². The van der Waals surface area contributed by atoms with Crippen molar-refractivity contribution in [2.45, 2.75) is 45.7 Å². The van der Waals surface area contributed by atoms with Crippen molar-refractivity contribution in [2.75, 3.05) is 11.9 Å². The minimum absolute atomic E-state index is 0.157. The summed E-state index contributed by atoms with van der Waals surface area (Å²) in [4.78, 5) is 19.6. The molecule has 1 saturated heterocycles. The van der Waals surface area contributed by atoms with Crippen LogP contribution in [-0.4, -0.2) is 38.2 Å². The van der Waals surface area contributed by atoms with Crippen LogP contribution >= 0.6 is 0 Å². The molecule has 2 aromatic heterocycles. The van der Waals surface area contributed by atoms with Gasteiger partial charge in [0.25, 0.3) is 5.91 Å². The molecule has 1 aliphatic heterocycles. The Balaban J connectivity index is 1.44. The Morgan fingerprint density at radius 1 is 1.25 bits per heavy atom. The van der Waals surface area contributed by atoms with Crippen LogP contribution in [0, 0.1) is 6.92 Å². The number of fused-ring (bicyclic) bond motifs is 1. The number of rotatable bonds is 4. The van der Waals surface area contributed by atoms with Crippen molar-refractivity contribution < 1.29 is 4.79 Å². The Morgan fingerprint density at radius 3 is 2.79 bits per heavy atom. The lowest BCUT2D eigenvalue weighted by Gasteiger charge is -2.33. The third-order valence-electron chi connectivity index (χ3n) is 5.66. The Hall–Kier alpha value is -2.73. The number of likely N-dealkylation sites (tertiary alicyclic amines) is 1.